The molecule has 716 valence electrons. The number of phosphoric acid groups is 3. The summed E-state index contributed by atoms with van der Waals surface area (Å²) in [4.78, 5) is 72.9. The lowest BCUT2D eigenvalue weighted by atomic mass is 9.81. The third-order valence-corrected chi connectivity index (χ3v) is 31.9. The fourth-order valence-electron chi connectivity index (χ4n) is 17.5. The van der Waals surface area contributed by atoms with E-state index in [0.29, 0.717) is 145 Å². The summed E-state index contributed by atoms with van der Waals surface area (Å²) in [5.41, 5.74) is 12.9. The number of anilines is 3. The van der Waals surface area contributed by atoms with Crippen LogP contribution in [0.5, 0.6) is 0 Å². The molecule has 131 heavy (non-hydrogen) atoms. The van der Waals surface area contributed by atoms with Gasteiger partial charge in [0.2, 0.25) is 23.2 Å². The number of aromatic nitrogens is 4. The first-order chi connectivity index (χ1) is 61.3. The predicted molar refractivity (Wildman–Crippen MR) is 485 cm³/mol. The summed E-state index contributed by atoms with van der Waals surface area (Å²) >= 11 is 0. The van der Waals surface area contributed by atoms with Gasteiger partial charge in [0.25, 0.3) is 20.2 Å². The van der Waals surface area contributed by atoms with Crippen molar-refractivity contribution in [3.05, 3.63) is 168 Å². The zero-order chi connectivity index (χ0) is 95.8. The minimum Gasteiger partial charge on any atom is -0.744 e. The second kappa shape index (κ2) is 41.9. The number of benzene rings is 4. The molecule has 4 aromatic carbocycles. The van der Waals surface area contributed by atoms with Gasteiger partial charge in [-0.1, -0.05) is 77.7 Å². The van der Waals surface area contributed by atoms with Crippen LogP contribution in [0, 0.1) is 0 Å². The zero-order valence-corrected chi connectivity index (χ0v) is 80.5. The second-order valence-electron chi connectivity index (χ2n) is 34.7. The number of aliphatic hydroxyl groups is 1. The standard InChI is InChI=1S/C86H116N11O27P3S4/c1-11-93-66-41-37-58(128(107,108)109)51-62(66)83(3,4)71(93)31-20-17-21-32-73-85(7,8)64-53-60(130(113,114)115)39-43-68(64)95(73)47-26-18-22-35-75(98)88-45-24-13-15-28-49-119-79-70(122-82(78(79)100)97-57-92-77-80(87)90-56-91-81(77)97)55-121-126(103,104)124-127(105,106)123-125(101,102)120-50-29-16-14-25-46-89-76(99)36-23-19-27-48-96-69-44-40-61(131(116,117)118)54-65(69)86(9,10)74(96)34-30-33-72-84(5,6)63-52-59(129(110,111)112)38-42-67(63)94(72)12-2/h17,20-21,30-34,37-44,51-54,56-57,70,78-79,82,100H,11-16,18-19,22-29,35-36,45-50,55H2,1-10H3,(H9-2,87,88,89,90,91,98,99,101,102,103,104,105,106,107,108,109,110,111,112,113,114,115,116,117,118)/t70-,78-,79-,82-/m1/s1. The van der Waals surface area contributed by atoms with E-state index in [2.05, 4.69) is 48.3 Å². The van der Waals surface area contributed by atoms with Gasteiger partial charge in [-0.05, 0) is 177 Å². The second-order valence-corrected chi connectivity index (χ2v) is 44.9. The number of likely N-dealkylation sites (N-methyl/N-ethyl adjacent to an activating group) is 2. The molecule has 0 saturated carbocycles. The van der Waals surface area contributed by atoms with Gasteiger partial charge < -0.3 is 64.5 Å². The average Bonchev–Trinajstić information content (AvgIpc) is 1.59. The minimum atomic E-state index is -5.93. The number of hydrogen-bond acceptors (Lipinski definition) is 28. The van der Waals surface area contributed by atoms with Gasteiger partial charge in [-0.25, -0.2) is 45.5 Å². The van der Waals surface area contributed by atoms with E-state index in [1.807, 2.05) is 123 Å². The fourth-order valence-corrected chi connectivity index (χ4v) is 23.0. The maximum atomic E-state index is 13.3. The van der Waals surface area contributed by atoms with E-state index in [0.717, 1.165) is 51.9 Å². The maximum Gasteiger partial charge on any atom is 0.490 e. The molecular formula is C86H116N11O27P3S4. The molecule has 0 spiro atoms. The number of aliphatic hydroxyl groups excluding tert-OH is 1. The van der Waals surface area contributed by atoms with Gasteiger partial charge >= 0.3 is 23.5 Å². The first-order valence-corrected chi connectivity index (χ1v) is 53.4. The Morgan fingerprint density at radius 2 is 0.985 bits per heavy atom. The van der Waals surface area contributed by atoms with Crippen molar-refractivity contribution in [3.63, 3.8) is 0 Å². The number of nitrogens with one attached hydrogen (secondary N) is 2. The lowest BCUT2D eigenvalue weighted by Gasteiger charge is -2.25. The summed E-state index contributed by atoms with van der Waals surface area (Å²) in [5, 5.41) is 17.5. The van der Waals surface area contributed by atoms with Gasteiger partial charge in [0.1, 0.15) is 63.5 Å². The van der Waals surface area contributed by atoms with Crippen LogP contribution >= 0.6 is 23.5 Å². The Morgan fingerprint density at radius 1 is 0.542 bits per heavy atom. The number of phosphoric ester groups is 2. The van der Waals surface area contributed by atoms with Crippen LogP contribution in [0.25, 0.3) is 11.2 Å². The minimum absolute atomic E-state index is 0.0119. The molecule has 11 rings (SSSR count). The van der Waals surface area contributed by atoms with E-state index < -0.39 is 123 Å². The van der Waals surface area contributed by atoms with E-state index in [9.17, 15) is 95.0 Å². The molecule has 2 amide bonds. The Balaban J connectivity index is 0.584. The molecule has 7 atom stereocenters. The number of fused-ring (bicyclic) bond motifs is 5. The lowest BCUT2D eigenvalue weighted by Crippen LogP contribution is -2.36. The van der Waals surface area contributed by atoms with E-state index in [1.165, 1.54) is 59.4 Å². The van der Waals surface area contributed by atoms with Crippen LogP contribution in [0.3, 0.4) is 0 Å². The predicted octanol–water partition coefficient (Wildman–Crippen LogP) is 12.4. The third-order valence-electron chi connectivity index (χ3n) is 24.2. The molecule has 5 aliphatic rings. The van der Waals surface area contributed by atoms with Crippen molar-refractivity contribution >= 4 is 127 Å². The molecule has 45 heteroatoms. The summed E-state index contributed by atoms with van der Waals surface area (Å²) in [6, 6.07) is 17.8. The first-order valence-electron chi connectivity index (χ1n) is 43.2. The Labute approximate surface area is 763 Å². The van der Waals surface area contributed by atoms with Crippen molar-refractivity contribution < 1.29 is 131 Å². The monoisotopic (exact) mass is 1960 g/mol. The quantitative estimate of drug-likeness (QED) is 0.00563. The highest BCUT2D eigenvalue weighted by atomic mass is 32.2. The molecule has 3 unspecified atom stereocenters. The molecule has 7 heterocycles. The topological polar surface area (TPSA) is 551 Å². The fraction of sp³-hybridized carbons (Fsp3) is 0.500. The Bertz CT molecular complexity index is 6170. The normalized spacial score (nSPS) is 20.8. The zero-order valence-electron chi connectivity index (χ0n) is 74.6. The number of carbonyl (C=O) groups excluding carboxylic acids is 2. The van der Waals surface area contributed by atoms with Crippen molar-refractivity contribution in [1.82, 2.24) is 30.2 Å². The summed E-state index contributed by atoms with van der Waals surface area (Å²) < 4.78 is 216. The number of unbranched alkanes of at least 4 members (excludes halogenated alkanes) is 10. The van der Waals surface area contributed by atoms with Gasteiger partial charge in [0.05, 0.1) is 50.0 Å². The highest BCUT2D eigenvalue weighted by molar-refractivity contribution is 7.86. The molecule has 6 aromatic rings. The number of imidazole rings is 1. The number of ether oxygens (including phenoxy) is 2. The molecule has 5 aliphatic heterocycles. The molecule has 0 aliphatic carbocycles. The van der Waals surface area contributed by atoms with Crippen LogP contribution < -0.4 is 26.2 Å². The Morgan fingerprint density at radius 3 is 1.47 bits per heavy atom. The van der Waals surface area contributed by atoms with Crippen LogP contribution in [-0.4, -0.2) is 201 Å². The smallest absolute Gasteiger partial charge is 0.490 e. The number of nitrogens with two attached hydrogens (primary N) is 1. The van der Waals surface area contributed by atoms with Crippen LogP contribution in [-0.2, 0) is 113 Å². The van der Waals surface area contributed by atoms with E-state index in [4.69, 9.17) is 24.3 Å². The lowest BCUT2D eigenvalue weighted by molar-refractivity contribution is -0.438. The Kier molecular flexibility index (Phi) is 33.0. The highest BCUT2D eigenvalue weighted by Gasteiger charge is 2.51. The first kappa shape index (κ1) is 103. The number of nitrogens with zero attached hydrogens (tertiary/aromatic N) is 8. The van der Waals surface area contributed by atoms with E-state index in [1.54, 1.807) is 24.3 Å². The molecule has 38 nitrogen and oxygen atoms in total. The SMILES string of the molecule is CCN1/C(=C/C=C/C=C/C2=[N+](CCCCCC(=O)NCCCCCCO[C@H]3[C@@H](O)[C@H](n4cnc5c(N)ncnc54)O[C@@H]3COP(=O)(O)OP(=O)(O)OP(=O)(O)OCCCCCCNC(=O)CCCCC[N+]3=C(/C=C/C=C4/N(CC)c5ccc(S(=O)(=O)[O-])cc5C4(C)C)C(C)(C)c4cc(S(=O)(=O)O)ccc43)c3ccc(S(=O)(=O)O)cc3C2(C)C)C(C)(C)c2cc(S(=O)(=O)[O-])ccc21. The van der Waals surface area contributed by atoms with Gasteiger partial charge in [0, 0.05) is 127 Å². The van der Waals surface area contributed by atoms with Gasteiger partial charge in [-0.15, -0.1) is 0 Å². The van der Waals surface area contributed by atoms with E-state index >= 15 is 0 Å². The van der Waals surface area contributed by atoms with Crippen LogP contribution in [0.15, 0.2) is 165 Å². The number of hydrogen-bond donors (Lipinski definition) is 9. The summed E-state index contributed by atoms with van der Waals surface area (Å²) in [5.74, 6) is -0.316. The summed E-state index contributed by atoms with van der Waals surface area (Å²) in [7, 11) is -35.5. The molecule has 1 saturated heterocycles. The number of nitrogen functional groups attached to an aromatic ring is 1. The summed E-state index contributed by atoms with van der Waals surface area (Å²) in [6.07, 6.45) is 20.2. The van der Waals surface area contributed by atoms with Crippen molar-refractivity contribution in [1.29, 1.82) is 0 Å². The van der Waals surface area contributed by atoms with Crippen LogP contribution in [0.2, 0.25) is 0 Å². The van der Waals surface area contributed by atoms with Gasteiger partial charge in [-0.2, -0.15) is 34.6 Å². The van der Waals surface area contributed by atoms with Crippen molar-refractivity contribution in [2.45, 2.75) is 238 Å². The van der Waals surface area contributed by atoms with Crippen molar-refractivity contribution in [2.24, 2.45) is 0 Å². The number of carbonyl (C=O) groups is 2. The number of allylic oxidation sites excluding steroid dienone is 10. The van der Waals surface area contributed by atoms with Crippen molar-refractivity contribution in [2.75, 3.05) is 74.6 Å². The molecular weight excluding hydrogens is 1840 g/mol. The van der Waals surface area contributed by atoms with Crippen molar-refractivity contribution in [3.8, 4) is 0 Å². The van der Waals surface area contributed by atoms with Crippen LogP contribution in [0.4, 0.5) is 28.6 Å². The maximum absolute atomic E-state index is 13.3. The third kappa shape index (κ3) is 24.7. The molecule has 10 N–H and O–H groups in total. The largest absolute Gasteiger partial charge is 0.744 e. The average molecular weight is 1960 g/mol. The van der Waals surface area contributed by atoms with Gasteiger partial charge in [0.15, 0.2) is 29.1 Å². The highest BCUT2D eigenvalue weighted by Crippen LogP contribution is 2.68. The van der Waals surface area contributed by atoms with Gasteiger partial charge in [-0.3, -0.25) is 32.3 Å². The molecule has 2 aromatic heterocycles. The molecule has 0 radical (unpaired) electrons. The Hall–Kier alpha value is -8.26. The summed E-state index contributed by atoms with van der Waals surface area (Å²) in [6.45, 7) is 21.0. The van der Waals surface area contributed by atoms with Crippen LogP contribution in [0.1, 0.15) is 200 Å². The number of amides is 2. The number of rotatable bonds is 47. The molecule has 0 bridgehead atoms. The molecule has 1 fully saturated rings. The van der Waals surface area contributed by atoms with E-state index in [-0.39, 0.29) is 74.2 Å².